The zero-order chi connectivity index (χ0) is 25.4. The van der Waals surface area contributed by atoms with Crippen molar-refractivity contribution in [1.29, 1.82) is 0 Å². The van der Waals surface area contributed by atoms with Crippen molar-refractivity contribution >= 4 is 11.9 Å². The number of fused-ring (bicyclic) bond motifs is 1. The Morgan fingerprint density at radius 3 is 2.37 bits per heavy atom. The van der Waals surface area contributed by atoms with Crippen molar-refractivity contribution in [3.05, 3.63) is 53.8 Å². The fraction of sp³-hybridized carbons (Fsp3) is 0.478. The summed E-state index contributed by atoms with van der Waals surface area (Å²) in [4.78, 5) is 23.8. The number of phenols is 1. The molecule has 0 unspecified atom stereocenters. The van der Waals surface area contributed by atoms with Gasteiger partial charge >= 0.3 is 11.9 Å². The number of rotatable bonds is 6. The van der Waals surface area contributed by atoms with Gasteiger partial charge in [0.1, 0.15) is 36.8 Å². The molecule has 2 aliphatic heterocycles. The molecule has 0 amide bonds. The first-order valence-electron chi connectivity index (χ1n) is 10.8. The highest BCUT2D eigenvalue weighted by Crippen LogP contribution is 2.46. The van der Waals surface area contributed by atoms with Crippen molar-refractivity contribution in [1.82, 2.24) is 0 Å². The fourth-order valence-corrected chi connectivity index (χ4v) is 4.48. The Bertz CT molecular complexity index is 1000. The molecule has 9 atom stereocenters. The zero-order valence-corrected chi connectivity index (χ0v) is 18.3. The van der Waals surface area contributed by atoms with E-state index < -0.39 is 73.5 Å². The molecule has 2 heterocycles. The number of carboxylic acids is 1. The van der Waals surface area contributed by atoms with Crippen molar-refractivity contribution in [2.24, 2.45) is 11.8 Å². The molecule has 1 aliphatic carbocycles. The predicted octanol–water partition coefficient (Wildman–Crippen LogP) is -0.749. The topological polar surface area (TPSA) is 192 Å². The molecule has 0 spiro atoms. The van der Waals surface area contributed by atoms with E-state index in [1.807, 2.05) is 0 Å². The van der Waals surface area contributed by atoms with Crippen molar-refractivity contribution < 1.29 is 59.2 Å². The number of phenolic OH excluding ortho intramolecular Hbond substituents is 1. The Morgan fingerprint density at radius 1 is 1.03 bits per heavy atom. The lowest BCUT2D eigenvalue weighted by Gasteiger charge is -2.42. The number of ether oxygens (including phenoxy) is 4. The Hall–Kier alpha value is -3.00. The molecule has 1 aromatic rings. The summed E-state index contributed by atoms with van der Waals surface area (Å²) >= 11 is 0. The molecule has 35 heavy (non-hydrogen) atoms. The van der Waals surface area contributed by atoms with E-state index in [0.29, 0.717) is 0 Å². The largest absolute Gasteiger partial charge is 0.508 e. The highest BCUT2D eigenvalue weighted by molar-refractivity contribution is 5.89. The summed E-state index contributed by atoms with van der Waals surface area (Å²) in [5.74, 6) is -3.47. The van der Waals surface area contributed by atoms with Crippen molar-refractivity contribution in [2.45, 2.75) is 49.5 Å². The van der Waals surface area contributed by atoms with E-state index in [-0.39, 0.29) is 28.9 Å². The quantitative estimate of drug-likeness (QED) is 0.214. The molecule has 0 aromatic heterocycles. The second kappa shape index (κ2) is 9.93. The number of carbonyl (C=O) groups is 2. The molecule has 12 nitrogen and oxygen atoms in total. The van der Waals surface area contributed by atoms with Gasteiger partial charge in [0.05, 0.1) is 29.4 Å². The highest BCUT2D eigenvalue weighted by Gasteiger charge is 2.52. The summed E-state index contributed by atoms with van der Waals surface area (Å²) in [6, 6.07) is 5.25. The summed E-state index contributed by atoms with van der Waals surface area (Å²) < 4.78 is 21.8. The molecule has 2 fully saturated rings. The number of aliphatic carboxylic acids is 1. The van der Waals surface area contributed by atoms with Crippen LogP contribution >= 0.6 is 0 Å². The summed E-state index contributed by atoms with van der Waals surface area (Å²) in [5.41, 5.74) is 0.353. The maximum absolute atomic E-state index is 12.2. The van der Waals surface area contributed by atoms with Crippen LogP contribution in [0, 0.1) is 11.8 Å². The Balaban J connectivity index is 1.45. The number of aliphatic hydroxyl groups excluding tert-OH is 4. The van der Waals surface area contributed by atoms with E-state index in [9.17, 15) is 40.2 Å². The minimum Gasteiger partial charge on any atom is -0.508 e. The Kier molecular flexibility index (Phi) is 7.12. The van der Waals surface area contributed by atoms with Crippen LogP contribution in [0.25, 0.3) is 0 Å². The molecule has 3 aliphatic rings. The smallest absolute Gasteiger partial charge is 0.338 e. The normalized spacial score (nSPS) is 36.6. The van der Waals surface area contributed by atoms with Crippen molar-refractivity contribution in [3.8, 4) is 5.75 Å². The van der Waals surface area contributed by atoms with Crippen LogP contribution in [0.15, 0.2) is 48.3 Å². The third-order valence-electron chi connectivity index (χ3n) is 6.45. The molecule has 190 valence electrons. The molecule has 4 rings (SSSR count). The predicted molar refractivity (Wildman–Crippen MR) is 113 cm³/mol. The minimum absolute atomic E-state index is 0.0420. The number of carboxylic acid groups (broad SMARTS) is 1. The number of esters is 1. The van der Waals surface area contributed by atoms with Crippen LogP contribution in [0.1, 0.15) is 16.8 Å². The average Bonchev–Trinajstić information content (AvgIpc) is 3.13. The van der Waals surface area contributed by atoms with Crippen molar-refractivity contribution in [3.63, 3.8) is 0 Å². The van der Waals surface area contributed by atoms with Crippen LogP contribution in [-0.2, 0) is 23.7 Å². The van der Waals surface area contributed by atoms with Crippen LogP contribution in [0.2, 0.25) is 0 Å². The van der Waals surface area contributed by atoms with Gasteiger partial charge in [-0.15, -0.1) is 0 Å². The first-order valence-corrected chi connectivity index (χ1v) is 10.8. The number of aromatic hydroxyl groups is 1. The van der Waals surface area contributed by atoms with E-state index in [1.54, 1.807) is 0 Å². The number of carbonyl (C=O) groups excluding carboxylic acids is 1. The van der Waals surface area contributed by atoms with Gasteiger partial charge in [0.25, 0.3) is 0 Å². The number of benzene rings is 1. The van der Waals surface area contributed by atoms with Crippen LogP contribution in [-0.4, -0.2) is 92.3 Å². The van der Waals surface area contributed by atoms with Gasteiger partial charge in [-0.3, -0.25) is 0 Å². The molecule has 0 bridgehead atoms. The fourth-order valence-electron chi connectivity index (χ4n) is 4.48. The standard InChI is InChI=1S/C23H26O12/c1-9-14(25)6-12-13(20(29)30)7-33-22(16(9)12)35-23-19(28)18(27)17(26)15(34-23)8-32-21(31)10-2-4-11(24)5-3-10/h2-5,7,12,14-19,22-28H,1,6,8H2,(H,29,30)/t12-,14+,15+,16+,17+,18-,19+,22-,23-/m0/s1. The third kappa shape index (κ3) is 4.89. The molecular formula is C23H26O12. The summed E-state index contributed by atoms with van der Waals surface area (Å²) in [6.45, 7) is 3.30. The van der Waals surface area contributed by atoms with Crippen LogP contribution < -0.4 is 0 Å². The Morgan fingerprint density at radius 2 is 1.71 bits per heavy atom. The van der Waals surface area contributed by atoms with Gasteiger partial charge in [0.2, 0.25) is 6.29 Å². The summed E-state index contributed by atoms with van der Waals surface area (Å²) in [6.07, 6.45) is -9.03. The molecular weight excluding hydrogens is 468 g/mol. The minimum atomic E-state index is -1.73. The third-order valence-corrected chi connectivity index (χ3v) is 6.45. The molecule has 1 saturated heterocycles. The summed E-state index contributed by atoms with van der Waals surface area (Å²) in [5, 5.41) is 60.0. The molecule has 0 radical (unpaired) electrons. The average molecular weight is 494 g/mol. The van der Waals surface area contributed by atoms with Gasteiger partial charge in [-0.25, -0.2) is 9.59 Å². The molecule has 6 N–H and O–H groups in total. The van der Waals surface area contributed by atoms with E-state index in [4.69, 9.17) is 18.9 Å². The SMILES string of the molecule is C=C1[C@H]2[C@H](O[C@@H]3O[C@H](COC(=O)c4ccc(O)cc4)[C@@H](O)[C@H](O)[C@H]3O)OC=C(C(=O)O)[C@@H]2C[C@H]1O. The van der Waals surface area contributed by atoms with Gasteiger partial charge in [-0.1, -0.05) is 6.58 Å². The second-order valence-electron chi connectivity index (χ2n) is 8.64. The van der Waals surface area contributed by atoms with Gasteiger partial charge < -0.3 is 49.6 Å². The van der Waals surface area contributed by atoms with Gasteiger partial charge in [0, 0.05) is 5.92 Å². The number of hydrogen-bond acceptors (Lipinski definition) is 11. The first kappa shape index (κ1) is 25.1. The van der Waals surface area contributed by atoms with E-state index in [0.717, 1.165) is 6.26 Å². The van der Waals surface area contributed by atoms with Gasteiger partial charge in [-0.05, 0) is 36.3 Å². The number of hydrogen-bond donors (Lipinski definition) is 6. The highest BCUT2D eigenvalue weighted by atomic mass is 16.8. The van der Waals surface area contributed by atoms with E-state index in [1.165, 1.54) is 24.3 Å². The monoisotopic (exact) mass is 494 g/mol. The molecule has 12 heteroatoms. The maximum Gasteiger partial charge on any atom is 0.338 e. The zero-order valence-electron chi connectivity index (χ0n) is 18.3. The second-order valence-corrected chi connectivity index (χ2v) is 8.64. The first-order chi connectivity index (χ1) is 16.6. The van der Waals surface area contributed by atoms with E-state index >= 15 is 0 Å². The lowest BCUT2D eigenvalue weighted by atomic mass is 9.85. The molecule has 1 saturated carbocycles. The van der Waals surface area contributed by atoms with Gasteiger partial charge in [0.15, 0.2) is 6.29 Å². The van der Waals surface area contributed by atoms with Crippen LogP contribution in [0.5, 0.6) is 5.75 Å². The van der Waals surface area contributed by atoms with Crippen LogP contribution in [0.4, 0.5) is 0 Å². The molecule has 1 aromatic carbocycles. The lowest BCUT2D eigenvalue weighted by molar-refractivity contribution is -0.339. The van der Waals surface area contributed by atoms with Gasteiger partial charge in [-0.2, -0.15) is 0 Å². The lowest BCUT2D eigenvalue weighted by Crippen LogP contribution is -2.60. The number of aliphatic hydroxyl groups is 4. The maximum atomic E-state index is 12.2. The Labute approximate surface area is 199 Å². The van der Waals surface area contributed by atoms with Crippen molar-refractivity contribution in [2.75, 3.05) is 6.61 Å². The van der Waals surface area contributed by atoms with Crippen LogP contribution in [0.3, 0.4) is 0 Å². The van der Waals surface area contributed by atoms with E-state index in [2.05, 4.69) is 6.58 Å². The summed E-state index contributed by atoms with van der Waals surface area (Å²) in [7, 11) is 0.